The van der Waals surface area contributed by atoms with Gasteiger partial charge in [-0.3, -0.25) is 19.3 Å². The van der Waals surface area contributed by atoms with Crippen LogP contribution in [0.3, 0.4) is 0 Å². The molecule has 1 aliphatic rings. The van der Waals surface area contributed by atoms with E-state index in [9.17, 15) is 14.4 Å². The summed E-state index contributed by atoms with van der Waals surface area (Å²) in [6.07, 6.45) is -0.284. The lowest BCUT2D eigenvalue weighted by Gasteiger charge is -2.18. The number of amides is 1. The summed E-state index contributed by atoms with van der Waals surface area (Å²) in [5, 5.41) is 0. The summed E-state index contributed by atoms with van der Waals surface area (Å²) in [4.78, 5) is 36.6. The van der Waals surface area contributed by atoms with Crippen LogP contribution in [0.25, 0.3) is 0 Å². The molecule has 0 bridgehead atoms. The first-order chi connectivity index (χ1) is 9.45. The van der Waals surface area contributed by atoms with Crippen molar-refractivity contribution in [2.75, 3.05) is 18.6 Å². The Morgan fingerprint density at radius 2 is 2.00 bits per heavy atom. The molecule has 106 valence electrons. The normalized spacial score (nSPS) is 13.7. The highest BCUT2D eigenvalue weighted by molar-refractivity contribution is 6.53. The zero-order chi connectivity index (χ0) is 14.9. The van der Waals surface area contributed by atoms with Crippen molar-refractivity contribution in [2.24, 2.45) is 0 Å². The summed E-state index contributed by atoms with van der Waals surface area (Å²) in [5.41, 5.74) is 0.567. The Labute approximate surface area is 116 Å². The number of hydrogen-bond acceptors (Lipinski definition) is 5. The van der Waals surface area contributed by atoms with Gasteiger partial charge < -0.3 is 9.47 Å². The molecular weight excluding hydrogens is 262 g/mol. The number of carbonyl (C=O) groups excluding carboxylic acids is 3. The van der Waals surface area contributed by atoms with Gasteiger partial charge in [0, 0.05) is 0 Å². The van der Waals surface area contributed by atoms with Crippen LogP contribution in [0, 0.1) is 0 Å². The molecule has 1 amide bonds. The number of Topliss-reactive ketones (excluding diaryl/α,β-unsaturated/α-hetero) is 1. The van der Waals surface area contributed by atoms with E-state index < -0.39 is 17.7 Å². The minimum absolute atomic E-state index is 0.242. The first-order valence-corrected chi connectivity index (χ1v) is 6.18. The number of benzene rings is 1. The average molecular weight is 277 g/mol. The molecule has 1 aromatic carbocycles. The molecule has 0 saturated carbocycles. The highest BCUT2D eigenvalue weighted by Crippen LogP contribution is 2.37. The van der Waals surface area contributed by atoms with Gasteiger partial charge >= 0.3 is 5.97 Å². The maximum atomic E-state index is 12.0. The van der Waals surface area contributed by atoms with Crippen molar-refractivity contribution in [3.63, 3.8) is 0 Å². The van der Waals surface area contributed by atoms with Gasteiger partial charge in [-0.05, 0) is 26.0 Å². The molecule has 0 atom stereocenters. The second kappa shape index (κ2) is 5.32. The molecule has 0 saturated heterocycles. The lowest BCUT2D eigenvalue weighted by molar-refractivity contribution is -0.146. The van der Waals surface area contributed by atoms with Crippen molar-refractivity contribution in [1.29, 1.82) is 0 Å². The van der Waals surface area contributed by atoms with Crippen molar-refractivity contribution in [2.45, 2.75) is 20.0 Å². The number of para-hydroxylation sites is 1. The third kappa shape index (κ3) is 2.36. The third-order valence-corrected chi connectivity index (χ3v) is 2.83. The first-order valence-electron chi connectivity index (χ1n) is 6.18. The van der Waals surface area contributed by atoms with E-state index in [4.69, 9.17) is 9.47 Å². The van der Waals surface area contributed by atoms with E-state index in [1.165, 1.54) is 13.2 Å². The topological polar surface area (TPSA) is 72.9 Å². The van der Waals surface area contributed by atoms with Crippen LogP contribution < -0.4 is 9.64 Å². The highest BCUT2D eigenvalue weighted by Gasteiger charge is 2.39. The molecule has 6 heteroatoms. The van der Waals surface area contributed by atoms with E-state index in [-0.39, 0.29) is 18.2 Å². The number of ketones is 1. The number of esters is 1. The lowest BCUT2D eigenvalue weighted by Crippen LogP contribution is -2.36. The second-order valence-electron chi connectivity index (χ2n) is 4.62. The number of anilines is 1. The SMILES string of the molecule is COc1cccc2c1N(CC(=O)OC(C)C)C(=O)C2=O. The summed E-state index contributed by atoms with van der Waals surface area (Å²) in [6, 6.07) is 4.79. The van der Waals surface area contributed by atoms with E-state index in [1.54, 1.807) is 26.0 Å². The van der Waals surface area contributed by atoms with E-state index in [0.717, 1.165) is 4.90 Å². The molecule has 20 heavy (non-hydrogen) atoms. The molecule has 0 radical (unpaired) electrons. The Morgan fingerprint density at radius 3 is 2.60 bits per heavy atom. The number of carbonyl (C=O) groups is 3. The summed E-state index contributed by atoms with van der Waals surface area (Å²) in [7, 11) is 1.44. The fourth-order valence-corrected chi connectivity index (χ4v) is 2.07. The van der Waals surface area contributed by atoms with Crippen LogP contribution >= 0.6 is 0 Å². The summed E-state index contributed by atoms with van der Waals surface area (Å²) < 4.78 is 10.1. The zero-order valence-corrected chi connectivity index (χ0v) is 11.5. The van der Waals surface area contributed by atoms with Crippen LogP contribution in [-0.4, -0.2) is 37.4 Å². The quantitative estimate of drug-likeness (QED) is 0.610. The van der Waals surface area contributed by atoms with Gasteiger partial charge in [-0.2, -0.15) is 0 Å². The van der Waals surface area contributed by atoms with E-state index in [1.807, 2.05) is 0 Å². The number of ether oxygens (including phenoxy) is 2. The summed E-state index contributed by atoms with van der Waals surface area (Å²) in [6.45, 7) is 3.11. The van der Waals surface area contributed by atoms with Gasteiger partial charge in [0.1, 0.15) is 12.3 Å². The number of nitrogens with zero attached hydrogens (tertiary/aromatic N) is 1. The highest BCUT2D eigenvalue weighted by atomic mass is 16.5. The Balaban J connectivity index is 2.35. The first kappa shape index (κ1) is 14.0. The maximum absolute atomic E-state index is 12.0. The predicted octanol–water partition coefficient (Wildman–Crippen LogP) is 1.18. The third-order valence-electron chi connectivity index (χ3n) is 2.83. The number of fused-ring (bicyclic) bond motifs is 1. The molecule has 1 aliphatic heterocycles. The molecule has 6 nitrogen and oxygen atoms in total. The molecule has 0 aliphatic carbocycles. The molecule has 0 unspecified atom stereocenters. The second-order valence-corrected chi connectivity index (χ2v) is 4.62. The molecule has 0 N–H and O–H groups in total. The van der Waals surface area contributed by atoms with Crippen LogP contribution in [0.1, 0.15) is 24.2 Å². The molecular formula is C14H15NO5. The lowest BCUT2D eigenvalue weighted by atomic mass is 10.1. The fraction of sp³-hybridized carbons (Fsp3) is 0.357. The van der Waals surface area contributed by atoms with Gasteiger partial charge in [-0.1, -0.05) is 6.07 Å². The van der Waals surface area contributed by atoms with Crippen molar-refractivity contribution in [3.05, 3.63) is 23.8 Å². The average Bonchev–Trinajstić information content (AvgIpc) is 2.63. The van der Waals surface area contributed by atoms with E-state index >= 15 is 0 Å². The smallest absolute Gasteiger partial charge is 0.326 e. The fourth-order valence-electron chi connectivity index (χ4n) is 2.07. The maximum Gasteiger partial charge on any atom is 0.326 e. The summed E-state index contributed by atoms with van der Waals surface area (Å²) >= 11 is 0. The molecule has 2 rings (SSSR count). The Bertz CT molecular complexity index is 579. The number of hydrogen-bond donors (Lipinski definition) is 0. The van der Waals surface area contributed by atoms with Crippen molar-refractivity contribution in [1.82, 2.24) is 0 Å². The molecule has 0 aromatic heterocycles. The van der Waals surface area contributed by atoms with Crippen LogP contribution in [-0.2, 0) is 14.3 Å². The Kier molecular flexibility index (Phi) is 3.74. The van der Waals surface area contributed by atoms with Crippen LogP contribution in [0.15, 0.2) is 18.2 Å². The van der Waals surface area contributed by atoms with Gasteiger partial charge in [0.2, 0.25) is 0 Å². The van der Waals surface area contributed by atoms with Gasteiger partial charge in [-0.25, -0.2) is 0 Å². The Morgan fingerprint density at radius 1 is 1.30 bits per heavy atom. The minimum Gasteiger partial charge on any atom is -0.495 e. The molecule has 0 spiro atoms. The van der Waals surface area contributed by atoms with Gasteiger partial charge in [-0.15, -0.1) is 0 Å². The van der Waals surface area contributed by atoms with E-state index in [2.05, 4.69) is 0 Å². The summed E-state index contributed by atoms with van der Waals surface area (Å²) in [5.74, 6) is -1.58. The van der Waals surface area contributed by atoms with Gasteiger partial charge in [0.15, 0.2) is 0 Å². The van der Waals surface area contributed by atoms with Crippen molar-refractivity contribution in [3.8, 4) is 5.75 Å². The number of rotatable bonds is 4. The van der Waals surface area contributed by atoms with Crippen molar-refractivity contribution >= 4 is 23.3 Å². The van der Waals surface area contributed by atoms with Gasteiger partial charge in [0.25, 0.3) is 11.7 Å². The minimum atomic E-state index is -0.745. The largest absolute Gasteiger partial charge is 0.495 e. The molecule has 0 fully saturated rings. The zero-order valence-electron chi connectivity index (χ0n) is 11.5. The van der Waals surface area contributed by atoms with Crippen LogP contribution in [0.5, 0.6) is 5.75 Å². The number of methoxy groups -OCH3 is 1. The van der Waals surface area contributed by atoms with Gasteiger partial charge in [0.05, 0.1) is 24.5 Å². The molecule has 1 aromatic rings. The standard InChI is InChI=1S/C14H15NO5/c1-8(2)20-11(16)7-15-12-9(13(17)14(15)18)5-4-6-10(12)19-3/h4-6,8H,7H2,1-3H3. The predicted molar refractivity (Wildman–Crippen MR) is 70.9 cm³/mol. The Hall–Kier alpha value is -2.37. The van der Waals surface area contributed by atoms with Crippen LogP contribution in [0.4, 0.5) is 5.69 Å². The van der Waals surface area contributed by atoms with Crippen LogP contribution in [0.2, 0.25) is 0 Å². The monoisotopic (exact) mass is 277 g/mol. The van der Waals surface area contributed by atoms with Crippen molar-refractivity contribution < 1.29 is 23.9 Å². The van der Waals surface area contributed by atoms with E-state index in [0.29, 0.717) is 11.4 Å². The molecule has 1 heterocycles.